The molecule has 3 rings (SSSR count). The SMILES string of the molecule is Nc1nc(CSCC2CCCC2)nc2sccc12. The third-order valence-corrected chi connectivity index (χ3v) is 5.44. The van der Waals surface area contributed by atoms with Gasteiger partial charge in [-0.25, -0.2) is 9.97 Å². The van der Waals surface area contributed by atoms with Crippen LogP contribution in [0.25, 0.3) is 10.2 Å². The number of aromatic nitrogens is 2. The maximum atomic E-state index is 5.94. The lowest BCUT2D eigenvalue weighted by molar-refractivity contribution is 0.623. The lowest BCUT2D eigenvalue weighted by atomic mass is 10.1. The molecule has 2 aromatic heterocycles. The van der Waals surface area contributed by atoms with Crippen LogP contribution in [0.4, 0.5) is 5.82 Å². The fourth-order valence-corrected chi connectivity index (χ4v) is 4.37. The second-order valence-electron chi connectivity index (χ2n) is 4.83. The van der Waals surface area contributed by atoms with Gasteiger partial charge in [0.15, 0.2) is 0 Å². The molecule has 0 radical (unpaired) electrons. The van der Waals surface area contributed by atoms with Crippen molar-refractivity contribution in [3.05, 3.63) is 17.3 Å². The summed E-state index contributed by atoms with van der Waals surface area (Å²) in [6.45, 7) is 0. The number of thiophene rings is 1. The molecule has 1 aliphatic carbocycles. The largest absolute Gasteiger partial charge is 0.383 e. The van der Waals surface area contributed by atoms with Gasteiger partial charge < -0.3 is 5.73 Å². The van der Waals surface area contributed by atoms with Crippen LogP contribution < -0.4 is 5.73 Å². The summed E-state index contributed by atoms with van der Waals surface area (Å²) < 4.78 is 0. The monoisotopic (exact) mass is 279 g/mol. The van der Waals surface area contributed by atoms with E-state index in [1.165, 1.54) is 31.4 Å². The zero-order valence-corrected chi connectivity index (χ0v) is 11.9. The Morgan fingerprint density at radius 2 is 2.17 bits per heavy atom. The van der Waals surface area contributed by atoms with Gasteiger partial charge in [0, 0.05) is 0 Å². The average molecular weight is 279 g/mol. The van der Waals surface area contributed by atoms with Crippen LogP contribution in [0.1, 0.15) is 31.5 Å². The predicted molar refractivity (Wildman–Crippen MR) is 79.9 cm³/mol. The lowest BCUT2D eigenvalue weighted by Gasteiger charge is -2.07. The highest BCUT2D eigenvalue weighted by atomic mass is 32.2. The minimum absolute atomic E-state index is 0.623. The Bertz CT molecular complexity index is 532. The molecule has 5 heteroatoms. The van der Waals surface area contributed by atoms with Crippen LogP contribution in [0.3, 0.4) is 0 Å². The molecular formula is C13H17N3S2. The minimum Gasteiger partial charge on any atom is -0.383 e. The van der Waals surface area contributed by atoms with Gasteiger partial charge in [0.2, 0.25) is 0 Å². The van der Waals surface area contributed by atoms with Crippen molar-refractivity contribution in [3.8, 4) is 0 Å². The van der Waals surface area contributed by atoms with E-state index in [4.69, 9.17) is 5.73 Å². The molecule has 0 aliphatic heterocycles. The molecule has 2 aromatic rings. The van der Waals surface area contributed by atoms with Gasteiger partial charge in [-0.1, -0.05) is 12.8 Å². The summed E-state index contributed by atoms with van der Waals surface area (Å²) in [6.07, 6.45) is 5.63. The highest BCUT2D eigenvalue weighted by molar-refractivity contribution is 7.98. The van der Waals surface area contributed by atoms with Gasteiger partial charge in [0.25, 0.3) is 0 Å². The van der Waals surface area contributed by atoms with Crippen molar-refractivity contribution in [2.75, 3.05) is 11.5 Å². The highest BCUT2D eigenvalue weighted by Gasteiger charge is 2.15. The quantitative estimate of drug-likeness (QED) is 0.927. The van der Waals surface area contributed by atoms with E-state index in [9.17, 15) is 0 Å². The molecule has 0 spiro atoms. The predicted octanol–water partition coefficient (Wildman–Crippen LogP) is 3.70. The Labute approximate surface area is 115 Å². The number of nitrogen functional groups attached to an aromatic ring is 1. The number of nitrogens with two attached hydrogens (primary N) is 1. The molecule has 1 fully saturated rings. The Kier molecular flexibility index (Phi) is 3.70. The van der Waals surface area contributed by atoms with Crippen molar-refractivity contribution in [1.29, 1.82) is 0 Å². The molecule has 18 heavy (non-hydrogen) atoms. The molecule has 0 amide bonds. The molecule has 0 bridgehead atoms. The van der Waals surface area contributed by atoms with Crippen LogP contribution in [-0.4, -0.2) is 15.7 Å². The number of thioether (sulfide) groups is 1. The summed E-state index contributed by atoms with van der Waals surface area (Å²) in [5, 5.41) is 3.01. The van der Waals surface area contributed by atoms with Gasteiger partial charge in [-0.05, 0) is 36.0 Å². The van der Waals surface area contributed by atoms with E-state index in [0.717, 1.165) is 27.7 Å². The van der Waals surface area contributed by atoms with E-state index in [-0.39, 0.29) is 0 Å². The van der Waals surface area contributed by atoms with Crippen LogP contribution in [-0.2, 0) is 5.75 Å². The molecule has 3 nitrogen and oxygen atoms in total. The van der Waals surface area contributed by atoms with Gasteiger partial charge in [-0.15, -0.1) is 11.3 Å². The first kappa shape index (κ1) is 12.2. The highest BCUT2D eigenvalue weighted by Crippen LogP contribution is 2.29. The van der Waals surface area contributed by atoms with Crippen LogP contribution >= 0.6 is 23.1 Å². The van der Waals surface area contributed by atoms with E-state index < -0.39 is 0 Å². The van der Waals surface area contributed by atoms with Crippen LogP contribution in [0.15, 0.2) is 11.4 Å². The van der Waals surface area contributed by atoms with E-state index in [1.54, 1.807) is 11.3 Å². The molecule has 0 atom stereocenters. The maximum absolute atomic E-state index is 5.94. The summed E-state index contributed by atoms with van der Waals surface area (Å²) in [4.78, 5) is 9.97. The minimum atomic E-state index is 0.623. The first-order valence-corrected chi connectivity index (χ1v) is 8.43. The smallest absolute Gasteiger partial charge is 0.142 e. The number of hydrogen-bond acceptors (Lipinski definition) is 5. The molecule has 1 saturated carbocycles. The Morgan fingerprint density at radius 1 is 1.33 bits per heavy atom. The zero-order valence-electron chi connectivity index (χ0n) is 10.3. The molecule has 2 N–H and O–H groups in total. The van der Waals surface area contributed by atoms with E-state index in [2.05, 4.69) is 9.97 Å². The Balaban J connectivity index is 1.63. The molecule has 1 aliphatic rings. The first-order valence-electron chi connectivity index (χ1n) is 6.40. The van der Waals surface area contributed by atoms with Crippen molar-refractivity contribution in [3.63, 3.8) is 0 Å². The van der Waals surface area contributed by atoms with Gasteiger partial charge in [0.05, 0.1) is 11.1 Å². The van der Waals surface area contributed by atoms with Gasteiger partial charge >= 0.3 is 0 Å². The van der Waals surface area contributed by atoms with Crippen molar-refractivity contribution in [1.82, 2.24) is 9.97 Å². The number of fused-ring (bicyclic) bond motifs is 1. The normalized spacial score (nSPS) is 16.7. The van der Waals surface area contributed by atoms with Crippen LogP contribution in [0.5, 0.6) is 0 Å². The number of anilines is 1. The van der Waals surface area contributed by atoms with Crippen molar-refractivity contribution in [2.45, 2.75) is 31.4 Å². The fraction of sp³-hybridized carbons (Fsp3) is 0.538. The summed E-state index contributed by atoms with van der Waals surface area (Å²) in [5.74, 6) is 4.54. The molecule has 2 heterocycles. The van der Waals surface area contributed by atoms with Gasteiger partial charge in [0.1, 0.15) is 16.5 Å². The molecule has 0 saturated heterocycles. The number of nitrogens with zero attached hydrogens (tertiary/aromatic N) is 2. The second-order valence-corrected chi connectivity index (χ2v) is 6.75. The standard InChI is InChI=1S/C13H17N3S2/c14-12-10-5-6-18-13(10)16-11(15-12)8-17-7-9-3-1-2-4-9/h5-6,9H,1-4,7-8H2,(H2,14,15,16). The van der Waals surface area contributed by atoms with Crippen molar-refractivity contribution in [2.24, 2.45) is 5.92 Å². The zero-order chi connectivity index (χ0) is 12.4. The van der Waals surface area contributed by atoms with Crippen molar-refractivity contribution >= 4 is 39.1 Å². The molecule has 96 valence electrons. The molecule has 0 unspecified atom stereocenters. The maximum Gasteiger partial charge on any atom is 0.142 e. The Morgan fingerprint density at radius 3 is 3.00 bits per heavy atom. The summed E-state index contributed by atoms with van der Waals surface area (Å²) in [6, 6.07) is 1.99. The van der Waals surface area contributed by atoms with Gasteiger partial charge in [-0.3, -0.25) is 0 Å². The fourth-order valence-electron chi connectivity index (χ4n) is 2.48. The first-order chi connectivity index (χ1) is 8.83. The number of rotatable bonds is 4. The van der Waals surface area contributed by atoms with Gasteiger partial charge in [-0.2, -0.15) is 11.8 Å². The lowest BCUT2D eigenvalue weighted by Crippen LogP contribution is -2.01. The Hall–Kier alpha value is -0.810. The molecular weight excluding hydrogens is 262 g/mol. The summed E-state index contributed by atoms with van der Waals surface area (Å²) >= 11 is 3.58. The average Bonchev–Trinajstić information content (AvgIpc) is 2.99. The third-order valence-electron chi connectivity index (χ3n) is 3.46. The van der Waals surface area contributed by atoms with E-state index in [1.807, 2.05) is 23.2 Å². The summed E-state index contributed by atoms with van der Waals surface area (Å²) in [7, 11) is 0. The van der Waals surface area contributed by atoms with Crippen LogP contribution in [0.2, 0.25) is 0 Å². The summed E-state index contributed by atoms with van der Waals surface area (Å²) in [5.41, 5.74) is 5.94. The van der Waals surface area contributed by atoms with E-state index in [0.29, 0.717) is 5.82 Å². The second kappa shape index (κ2) is 5.45. The topological polar surface area (TPSA) is 51.8 Å². The van der Waals surface area contributed by atoms with Crippen molar-refractivity contribution < 1.29 is 0 Å². The third kappa shape index (κ3) is 2.62. The number of hydrogen-bond donors (Lipinski definition) is 1. The molecule has 0 aromatic carbocycles. The van der Waals surface area contributed by atoms with E-state index >= 15 is 0 Å². The van der Waals surface area contributed by atoms with Crippen LogP contribution in [0, 0.1) is 5.92 Å².